The molecule has 0 saturated carbocycles. The Kier molecular flexibility index (Phi) is 3.24. The van der Waals surface area contributed by atoms with Crippen LogP contribution in [-0.2, 0) is 4.57 Å². The minimum Gasteiger partial charge on any atom is -0.393 e. The lowest BCUT2D eigenvalue weighted by molar-refractivity contribution is 0.121. The van der Waals surface area contributed by atoms with Crippen LogP contribution in [0.25, 0.3) is 0 Å². The molecule has 1 aromatic rings. The number of rotatable bonds is 1. The Balaban J connectivity index is 2.61. The minimum absolute atomic E-state index is 0.346. The molecule has 1 aromatic carbocycles. The van der Waals surface area contributed by atoms with Gasteiger partial charge in [0.25, 0.3) is 0 Å². The van der Waals surface area contributed by atoms with Gasteiger partial charge in [-0.15, -0.1) is 0 Å². The predicted octanol–water partition coefficient (Wildman–Crippen LogP) is 3.39. The Morgan fingerprint density at radius 1 is 1.06 bits per heavy atom. The van der Waals surface area contributed by atoms with E-state index in [2.05, 4.69) is 0 Å². The Hall–Kier alpha value is -0.590. The molecule has 3 heteroatoms. The summed E-state index contributed by atoms with van der Waals surface area (Å²) in [7, 11) is -2.57. The number of hydrogen-bond donors (Lipinski definition) is 1. The highest BCUT2D eigenvalue weighted by atomic mass is 31.2. The van der Waals surface area contributed by atoms with E-state index in [1.807, 2.05) is 58.0 Å². The van der Waals surface area contributed by atoms with Crippen LogP contribution in [0.1, 0.15) is 40.5 Å². The number of benzene rings is 1. The van der Waals surface area contributed by atoms with Crippen molar-refractivity contribution >= 4 is 12.4 Å². The van der Waals surface area contributed by atoms with Crippen LogP contribution >= 0.6 is 7.14 Å². The summed E-state index contributed by atoms with van der Waals surface area (Å²) in [5.74, 6) is 0. The van der Waals surface area contributed by atoms with Crippen LogP contribution in [0.4, 0.5) is 0 Å². The van der Waals surface area contributed by atoms with Crippen molar-refractivity contribution < 1.29 is 9.67 Å². The molecule has 0 aromatic heterocycles. The lowest BCUT2D eigenvalue weighted by Crippen LogP contribution is -2.47. The lowest BCUT2D eigenvalue weighted by atomic mass is 9.95. The molecular weight excluding hydrogens is 243 g/mol. The van der Waals surface area contributed by atoms with E-state index in [9.17, 15) is 9.67 Å². The second-order valence-corrected chi connectivity index (χ2v) is 10.8. The molecule has 0 spiro atoms. The fourth-order valence-electron chi connectivity index (χ4n) is 3.64. The molecule has 1 fully saturated rings. The van der Waals surface area contributed by atoms with Crippen molar-refractivity contribution in [2.45, 2.75) is 57.0 Å². The van der Waals surface area contributed by atoms with Crippen molar-refractivity contribution in [1.82, 2.24) is 0 Å². The maximum absolute atomic E-state index is 13.8. The Morgan fingerprint density at radius 3 is 1.94 bits per heavy atom. The third kappa shape index (κ3) is 1.87. The monoisotopic (exact) mass is 266 g/mol. The number of aliphatic hydroxyl groups is 1. The molecule has 2 nitrogen and oxygen atoms in total. The van der Waals surface area contributed by atoms with Gasteiger partial charge in [-0.3, -0.25) is 0 Å². The summed E-state index contributed by atoms with van der Waals surface area (Å²) in [5, 5.41) is 10.3. The molecule has 0 aliphatic carbocycles. The van der Waals surface area contributed by atoms with E-state index in [-0.39, 0.29) is 16.4 Å². The van der Waals surface area contributed by atoms with Crippen LogP contribution in [0.3, 0.4) is 0 Å². The van der Waals surface area contributed by atoms with Gasteiger partial charge >= 0.3 is 0 Å². The molecule has 0 bridgehead atoms. The highest BCUT2D eigenvalue weighted by Crippen LogP contribution is 2.71. The summed E-state index contributed by atoms with van der Waals surface area (Å²) in [5.41, 5.74) is 0. The van der Waals surface area contributed by atoms with Crippen molar-refractivity contribution in [3.8, 4) is 0 Å². The van der Waals surface area contributed by atoms with E-state index in [0.717, 1.165) is 5.30 Å². The first kappa shape index (κ1) is 13.8. The molecule has 18 heavy (non-hydrogen) atoms. The van der Waals surface area contributed by atoms with E-state index < -0.39 is 7.14 Å². The quantitative estimate of drug-likeness (QED) is 0.791. The average molecular weight is 266 g/mol. The van der Waals surface area contributed by atoms with Crippen molar-refractivity contribution in [3.05, 3.63) is 30.3 Å². The second-order valence-electron chi connectivity index (χ2n) is 6.63. The molecule has 1 heterocycles. The topological polar surface area (TPSA) is 37.3 Å². The van der Waals surface area contributed by atoms with Gasteiger partial charge in [0.15, 0.2) is 0 Å². The summed E-state index contributed by atoms with van der Waals surface area (Å²) in [6.45, 7) is 8.13. The van der Waals surface area contributed by atoms with E-state index in [1.54, 1.807) is 0 Å². The van der Waals surface area contributed by atoms with Crippen LogP contribution in [0.5, 0.6) is 0 Å². The zero-order chi connectivity index (χ0) is 13.6. The largest absolute Gasteiger partial charge is 0.393 e. The number of hydrogen-bond acceptors (Lipinski definition) is 2. The second kappa shape index (κ2) is 4.21. The molecule has 0 radical (unpaired) electrons. The Labute approximate surface area is 110 Å². The van der Waals surface area contributed by atoms with Gasteiger partial charge in [0.2, 0.25) is 0 Å². The molecule has 0 amide bonds. The molecule has 0 atom stereocenters. The minimum atomic E-state index is -2.57. The summed E-state index contributed by atoms with van der Waals surface area (Å²) < 4.78 is 13.8. The highest BCUT2D eigenvalue weighted by Gasteiger charge is 2.56. The standard InChI is InChI=1S/C15H23O2P/c1-14(2)10-12(16)11-15(3,4)18(14,17)13-8-6-5-7-9-13/h5-9,12,16H,10-11H2,1-4H3. The fraction of sp³-hybridized carbons (Fsp3) is 0.600. The third-order valence-electron chi connectivity index (χ3n) is 4.30. The number of aliphatic hydroxyl groups excluding tert-OH is 1. The average Bonchev–Trinajstić information content (AvgIpc) is 2.25. The summed E-state index contributed by atoms with van der Waals surface area (Å²) >= 11 is 0. The lowest BCUT2D eigenvalue weighted by Gasteiger charge is -2.51. The Bertz CT molecular complexity index is 455. The van der Waals surface area contributed by atoms with Crippen LogP contribution < -0.4 is 5.30 Å². The van der Waals surface area contributed by atoms with E-state index in [0.29, 0.717) is 12.8 Å². The SMILES string of the molecule is CC1(C)CC(O)CC(C)(C)P1(=O)c1ccccc1. The molecule has 1 aliphatic heterocycles. The van der Waals surface area contributed by atoms with Gasteiger partial charge in [-0.25, -0.2) is 0 Å². The first-order chi connectivity index (χ1) is 8.21. The van der Waals surface area contributed by atoms with Crippen molar-refractivity contribution in [3.63, 3.8) is 0 Å². The first-order valence-corrected chi connectivity index (χ1v) is 8.25. The summed E-state index contributed by atoms with van der Waals surface area (Å²) in [4.78, 5) is 0. The maximum atomic E-state index is 13.8. The highest BCUT2D eigenvalue weighted by molar-refractivity contribution is 7.74. The van der Waals surface area contributed by atoms with Crippen LogP contribution in [-0.4, -0.2) is 21.5 Å². The van der Waals surface area contributed by atoms with Crippen molar-refractivity contribution in [1.29, 1.82) is 0 Å². The van der Waals surface area contributed by atoms with Gasteiger partial charge in [0, 0.05) is 15.6 Å². The fourth-order valence-corrected chi connectivity index (χ4v) is 8.20. The van der Waals surface area contributed by atoms with E-state index in [1.165, 1.54) is 0 Å². The van der Waals surface area contributed by atoms with Crippen molar-refractivity contribution in [2.24, 2.45) is 0 Å². The van der Waals surface area contributed by atoms with E-state index in [4.69, 9.17) is 0 Å². The molecule has 0 unspecified atom stereocenters. The maximum Gasteiger partial charge on any atom is 0.126 e. The summed E-state index contributed by atoms with van der Waals surface area (Å²) in [6, 6.07) is 9.80. The van der Waals surface area contributed by atoms with Gasteiger partial charge in [0.05, 0.1) is 6.10 Å². The van der Waals surface area contributed by atoms with Gasteiger partial charge < -0.3 is 9.67 Å². The molecule has 1 N–H and O–H groups in total. The van der Waals surface area contributed by atoms with Gasteiger partial charge in [-0.1, -0.05) is 58.0 Å². The molecule has 2 rings (SSSR count). The zero-order valence-electron chi connectivity index (χ0n) is 11.7. The predicted molar refractivity (Wildman–Crippen MR) is 77.1 cm³/mol. The normalized spacial score (nSPS) is 34.2. The van der Waals surface area contributed by atoms with Gasteiger partial charge in [-0.05, 0) is 12.8 Å². The van der Waals surface area contributed by atoms with Crippen LogP contribution in [0.2, 0.25) is 0 Å². The molecule has 1 aliphatic rings. The summed E-state index contributed by atoms with van der Waals surface area (Å²) in [6.07, 6.45) is 0.881. The van der Waals surface area contributed by atoms with E-state index >= 15 is 0 Å². The molecule has 100 valence electrons. The smallest absolute Gasteiger partial charge is 0.126 e. The van der Waals surface area contributed by atoms with Crippen molar-refractivity contribution in [2.75, 3.05) is 0 Å². The zero-order valence-corrected chi connectivity index (χ0v) is 12.6. The van der Waals surface area contributed by atoms with Crippen LogP contribution in [0, 0.1) is 0 Å². The first-order valence-electron chi connectivity index (χ1n) is 6.55. The van der Waals surface area contributed by atoms with Gasteiger partial charge in [0.1, 0.15) is 7.14 Å². The molecular formula is C15H23O2P. The third-order valence-corrected chi connectivity index (χ3v) is 9.10. The Morgan fingerprint density at radius 2 is 1.50 bits per heavy atom. The molecule has 1 saturated heterocycles. The van der Waals surface area contributed by atoms with Gasteiger partial charge in [-0.2, -0.15) is 0 Å². The van der Waals surface area contributed by atoms with Crippen LogP contribution in [0.15, 0.2) is 30.3 Å².